The second-order valence-electron chi connectivity index (χ2n) is 3.00. The molecule has 0 aliphatic heterocycles. The number of halogens is 1. The number of alkyl carbamates (subject to hydrolysis) is 1. The number of nitriles is 1. The number of nitrogens with zero attached hydrogens (tertiary/aromatic N) is 1. The molecule has 1 aromatic rings. The van der Waals surface area contributed by atoms with Gasteiger partial charge in [-0.1, -0.05) is 29.8 Å². The van der Waals surface area contributed by atoms with E-state index in [2.05, 4.69) is 5.32 Å². The number of amides is 1. The molecule has 0 bridgehead atoms. The van der Waals surface area contributed by atoms with Gasteiger partial charge in [0, 0.05) is 17.1 Å². The molecule has 0 fully saturated rings. The maximum absolute atomic E-state index is 11.1. The minimum Gasteiger partial charge on any atom is -0.445 e. The standard InChI is InChI=1S/C11H11ClN2O2/c12-10-5-2-1-4-9(10)8-16-11(15)14-7-3-6-13/h1-2,4-5H,3,7-8H2,(H,14,15). The van der Waals surface area contributed by atoms with Crippen molar-refractivity contribution >= 4 is 17.7 Å². The lowest BCUT2D eigenvalue weighted by Crippen LogP contribution is -2.24. The second kappa shape index (κ2) is 6.70. The number of benzene rings is 1. The monoisotopic (exact) mass is 238 g/mol. The Morgan fingerprint density at radius 3 is 2.94 bits per heavy atom. The van der Waals surface area contributed by atoms with E-state index in [1.165, 1.54) is 0 Å². The van der Waals surface area contributed by atoms with E-state index >= 15 is 0 Å². The van der Waals surface area contributed by atoms with Crippen LogP contribution in [-0.2, 0) is 11.3 Å². The summed E-state index contributed by atoms with van der Waals surface area (Å²) in [5.41, 5.74) is 0.750. The minimum atomic E-state index is -0.546. The van der Waals surface area contributed by atoms with Gasteiger partial charge in [-0.2, -0.15) is 5.26 Å². The van der Waals surface area contributed by atoms with Crippen LogP contribution >= 0.6 is 11.6 Å². The Morgan fingerprint density at radius 1 is 1.50 bits per heavy atom. The molecule has 0 aliphatic carbocycles. The highest BCUT2D eigenvalue weighted by atomic mass is 35.5. The molecular weight excluding hydrogens is 228 g/mol. The smallest absolute Gasteiger partial charge is 0.407 e. The van der Waals surface area contributed by atoms with E-state index in [9.17, 15) is 4.79 Å². The van der Waals surface area contributed by atoms with Crippen LogP contribution in [0.5, 0.6) is 0 Å². The molecule has 0 aliphatic rings. The first-order valence-electron chi connectivity index (χ1n) is 4.75. The molecule has 1 amide bonds. The fourth-order valence-electron chi connectivity index (χ4n) is 1.03. The van der Waals surface area contributed by atoms with Crippen molar-refractivity contribution in [1.82, 2.24) is 5.32 Å². The highest BCUT2D eigenvalue weighted by molar-refractivity contribution is 6.31. The van der Waals surface area contributed by atoms with Gasteiger partial charge in [-0.05, 0) is 6.07 Å². The fraction of sp³-hybridized carbons (Fsp3) is 0.273. The molecule has 1 aromatic carbocycles. The number of hydrogen-bond donors (Lipinski definition) is 1. The van der Waals surface area contributed by atoms with Crippen LogP contribution in [0.15, 0.2) is 24.3 Å². The first kappa shape index (κ1) is 12.3. The Kier molecular flexibility index (Phi) is 5.17. The van der Waals surface area contributed by atoms with Crippen molar-refractivity contribution in [2.45, 2.75) is 13.0 Å². The molecule has 1 N–H and O–H groups in total. The first-order valence-corrected chi connectivity index (χ1v) is 5.13. The molecule has 84 valence electrons. The third-order valence-electron chi connectivity index (χ3n) is 1.82. The fourth-order valence-corrected chi connectivity index (χ4v) is 1.22. The maximum Gasteiger partial charge on any atom is 0.407 e. The molecule has 0 aromatic heterocycles. The average Bonchev–Trinajstić information content (AvgIpc) is 2.28. The van der Waals surface area contributed by atoms with Crippen LogP contribution < -0.4 is 5.32 Å². The van der Waals surface area contributed by atoms with Crippen molar-refractivity contribution in [2.24, 2.45) is 0 Å². The molecule has 0 saturated heterocycles. The van der Waals surface area contributed by atoms with E-state index in [1.807, 2.05) is 12.1 Å². The first-order chi connectivity index (χ1) is 7.74. The molecule has 16 heavy (non-hydrogen) atoms. The summed E-state index contributed by atoms with van der Waals surface area (Å²) in [5.74, 6) is 0. The summed E-state index contributed by atoms with van der Waals surface area (Å²) in [6, 6.07) is 9.05. The summed E-state index contributed by atoms with van der Waals surface area (Å²) in [4.78, 5) is 11.1. The molecule has 0 atom stereocenters. The highest BCUT2D eigenvalue weighted by Gasteiger charge is 2.03. The van der Waals surface area contributed by atoms with Crippen LogP contribution in [0.2, 0.25) is 5.02 Å². The van der Waals surface area contributed by atoms with Crippen LogP contribution in [0.4, 0.5) is 4.79 Å². The summed E-state index contributed by atoms with van der Waals surface area (Å²) < 4.78 is 4.91. The lowest BCUT2D eigenvalue weighted by molar-refractivity contribution is 0.140. The van der Waals surface area contributed by atoms with Gasteiger partial charge in [-0.15, -0.1) is 0 Å². The second-order valence-corrected chi connectivity index (χ2v) is 3.41. The third-order valence-corrected chi connectivity index (χ3v) is 2.19. The SMILES string of the molecule is N#CCCNC(=O)OCc1ccccc1Cl. The Bertz CT molecular complexity index is 401. The van der Waals surface area contributed by atoms with Crippen LogP contribution in [0.25, 0.3) is 0 Å². The largest absolute Gasteiger partial charge is 0.445 e. The zero-order valence-electron chi connectivity index (χ0n) is 8.57. The molecule has 0 unspecified atom stereocenters. The topological polar surface area (TPSA) is 62.1 Å². The van der Waals surface area contributed by atoms with Gasteiger partial charge in [0.15, 0.2) is 0 Å². The normalized spacial score (nSPS) is 9.25. The average molecular weight is 239 g/mol. The van der Waals surface area contributed by atoms with Gasteiger partial charge in [0.2, 0.25) is 0 Å². The Labute approximate surface area is 98.8 Å². The zero-order valence-corrected chi connectivity index (χ0v) is 9.33. The quantitative estimate of drug-likeness (QED) is 0.820. The van der Waals surface area contributed by atoms with Crippen molar-refractivity contribution in [1.29, 1.82) is 5.26 Å². The van der Waals surface area contributed by atoms with Crippen molar-refractivity contribution in [2.75, 3.05) is 6.54 Å². The maximum atomic E-state index is 11.1. The van der Waals surface area contributed by atoms with Crippen molar-refractivity contribution in [3.8, 4) is 6.07 Å². The van der Waals surface area contributed by atoms with Gasteiger partial charge in [0.1, 0.15) is 6.61 Å². The van der Waals surface area contributed by atoms with Gasteiger partial charge >= 0.3 is 6.09 Å². The van der Waals surface area contributed by atoms with E-state index in [4.69, 9.17) is 21.6 Å². The molecule has 4 nitrogen and oxygen atoms in total. The van der Waals surface area contributed by atoms with Crippen molar-refractivity contribution in [3.63, 3.8) is 0 Å². The van der Waals surface area contributed by atoms with Crippen LogP contribution in [-0.4, -0.2) is 12.6 Å². The molecule has 0 spiro atoms. The number of carbonyl (C=O) groups is 1. The summed E-state index contributed by atoms with van der Waals surface area (Å²) in [6.45, 7) is 0.413. The summed E-state index contributed by atoms with van der Waals surface area (Å²) in [7, 11) is 0. The lowest BCUT2D eigenvalue weighted by atomic mass is 10.2. The number of carbonyl (C=O) groups excluding carboxylic acids is 1. The van der Waals surface area contributed by atoms with Gasteiger partial charge in [-0.25, -0.2) is 4.79 Å². The molecule has 1 rings (SSSR count). The van der Waals surface area contributed by atoms with Crippen LogP contribution in [0, 0.1) is 11.3 Å². The van der Waals surface area contributed by atoms with Gasteiger partial charge in [0.25, 0.3) is 0 Å². The number of rotatable bonds is 4. The molecule has 0 heterocycles. The summed E-state index contributed by atoms with van der Waals surface area (Å²) >= 11 is 5.88. The van der Waals surface area contributed by atoms with Crippen molar-refractivity contribution in [3.05, 3.63) is 34.9 Å². The van der Waals surface area contributed by atoms with Gasteiger partial charge < -0.3 is 10.1 Å². The van der Waals surface area contributed by atoms with E-state index in [1.54, 1.807) is 18.2 Å². The lowest BCUT2D eigenvalue weighted by Gasteiger charge is -2.06. The molecule has 0 saturated carbocycles. The Hall–Kier alpha value is -1.73. The van der Waals surface area contributed by atoms with Crippen LogP contribution in [0.1, 0.15) is 12.0 Å². The van der Waals surface area contributed by atoms with Gasteiger partial charge in [0.05, 0.1) is 12.5 Å². The highest BCUT2D eigenvalue weighted by Crippen LogP contribution is 2.15. The van der Waals surface area contributed by atoms with Crippen LogP contribution in [0.3, 0.4) is 0 Å². The van der Waals surface area contributed by atoms with Gasteiger partial charge in [-0.3, -0.25) is 0 Å². The third kappa shape index (κ3) is 4.20. The zero-order chi connectivity index (χ0) is 11.8. The number of ether oxygens (including phenoxy) is 1. The van der Waals surface area contributed by atoms with E-state index in [-0.39, 0.29) is 19.6 Å². The number of hydrogen-bond acceptors (Lipinski definition) is 3. The van der Waals surface area contributed by atoms with Crippen molar-refractivity contribution < 1.29 is 9.53 Å². The predicted octanol–water partition coefficient (Wildman–Crippen LogP) is 2.48. The summed E-state index contributed by atoms with van der Waals surface area (Å²) in [5, 5.41) is 11.3. The Balaban J connectivity index is 2.32. The summed E-state index contributed by atoms with van der Waals surface area (Å²) in [6.07, 6.45) is -0.281. The predicted molar refractivity (Wildman–Crippen MR) is 59.9 cm³/mol. The molecule has 5 heteroatoms. The molecular formula is C11H11ClN2O2. The van der Waals surface area contributed by atoms with E-state index in [0.29, 0.717) is 5.02 Å². The Morgan fingerprint density at radius 2 is 2.25 bits per heavy atom. The minimum absolute atomic E-state index is 0.123. The van der Waals surface area contributed by atoms with E-state index < -0.39 is 6.09 Å². The molecule has 0 radical (unpaired) electrons. The van der Waals surface area contributed by atoms with E-state index in [0.717, 1.165) is 5.56 Å². The number of nitrogens with one attached hydrogen (secondary N) is 1.